The summed E-state index contributed by atoms with van der Waals surface area (Å²) in [6.45, 7) is 3.91. The quantitative estimate of drug-likeness (QED) is 0.530. The molecule has 1 fully saturated rings. The first-order chi connectivity index (χ1) is 14.8. The van der Waals surface area contributed by atoms with Crippen molar-refractivity contribution in [3.8, 4) is 5.75 Å². The molecule has 1 N–H and O–H groups in total. The Balaban J connectivity index is 1.74. The van der Waals surface area contributed by atoms with E-state index >= 15 is 0 Å². The van der Waals surface area contributed by atoms with Crippen LogP contribution in [0.5, 0.6) is 5.75 Å². The summed E-state index contributed by atoms with van der Waals surface area (Å²) in [6.07, 6.45) is 4.25. The van der Waals surface area contributed by atoms with Crippen LogP contribution in [0.4, 0.5) is 0 Å². The largest absolute Gasteiger partial charge is 0.482 e. The molecule has 7 heteroatoms. The molecule has 0 radical (unpaired) electrons. The highest BCUT2D eigenvalue weighted by molar-refractivity contribution is 9.10. The van der Waals surface area contributed by atoms with E-state index < -0.39 is 6.04 Å². The van der Waals surface area contributed by atoms with Crippen molar-refractivity contribution in [1.82, 2.24) is 10.2 Å². The Morgan fingerprint density at radius 2 is 1.94 bits per heavy atom. The van der Waals surface area contributed by atoms with Crippen LogP contribution < -0.4 is 10.1 Å². The Morgan fingerprint density at radius 1 is 1.23 bits per heavy atom. The minimum absolute atomic E-state index is 0.129. The minimum Gasteiger partial charge on any atom is -0.482 e. The lowest BCUT2D eigenvalue weighted by Crippen LogP contribution is -2.50. The van der Waals surface area contributed by atoms with Crippen molar-refractivity contribution in [2.75, 3.05) is 6.61 Å². The number of carbonyl (C=O) groups excluding carboxylic acids is 2. The van der Waals surface area contributed by atoms with Gasteiger partial charge in [0.1, 0.15) is 11.8 Å². The SMILES string of the molecule is Cc1ccccc1CN(C(=O)COc1ccc(Br)cc1Cl)[C@H](C)C(=O)NC1CCCC1. The van der Waals surface area contributed by atoms with Gasteiger partial charge in [-0.15, -0.1) is 0 Å². The van der Waals surface area contributed by atoms with Crippen LogP contribution in [0.15, 0.2) is 46.9 Å². The zero-order valence-electron chi connectivity index (χ0n) is 17.9. The van der Waals surface area contributed by atoms with E-state index in [1.165, 1.54) is 0 Å². The predicted octanol–water partition coefficient (Wildman–Crippen LogP) is 5.27. The molecule has 1 saturated carbocycles. The van der Waals surface area contributed by atoms with E-state index in [4.69, 9.17) is 16.3 Å². The Morgan fingerprint density at radius 3 is 2.61 bits per heavy atom. The van der Waals surface area contributed by atoms with Crippen LogP contribution in [0.3, 0.4) is 0 Å². The summed E-state index contributed by atoms with van der Waals surface area (Å²) >= 11 is 9.56. The lowest BCUT2D eigenvalue weighted by atomic mass is 10.1. The normalized spacial score (nSPS) is 14.8. The maximum Gasteiger partial charge on any atom is 0.261 e. The molecule has 0 saturated heterocycles. The molecule has 166 valence electrons. The Kier molecular flexibility index (Phi) is 8.38. The van der Waals surface area contributed by atoms with Crippen LogP contribution in [0, 0.1) is 6.92 Å². The number of ether oxygens (including phenoxy) is 1. The first-order valence-corrected chi connectivity index (χ1v) is 11.7. The van der Waals surface area contributed by atoms with Gasteiger partial charge in [-0.3, -0.25) is 9.59 Å². The molecular formula is C24H28BrClN2O3. The van der Waals surface area contributed by atoms with Crippen molar-refractivity contribution < 1.29 is 14.3 Å². The number of amides is 2. The summed E-state index contributed by atoms with van der Waals surface area (Å²) < 4.78 is 6.52. The van der Waals surface area contributed by atoms with Crippen molar-refractivity contribution in [3.05, 3.63) is 63.1 Å². The number of rotatable bonds is 8. The molecule has 1 aliphatic rings. The van der Waals surface area contributed by atoms with E-state index in [0.29, 0.717) is 17.3 Å². The average molecular weight is 508 g/mol. The summed E-state index contributed by atoms with van der Waals surface area (Å²) in [5.41, 5.74) is 2.07. The first-order valence-electron chi connectivity index (χ1n) is 10.6. The first kappa shape index (κ1) is 23.6. The molecule has 0 bridgehead atoms. The fraction of sp³-hybridized carbons (Fsp3) is 0.417. The number of nitrogens with zero attached hydrogens (tertiary/aromatic N) is 1. The van der Waals surface area contributed by atoms with Crippen molar-refractivity contribution in [2.45, 2.75) is 58.2 Å². The molecule has 0 aliphatic heterocycles. The molecule has 1 aliphatic carbocycles. The molecule has 0 heterocycles. The summed E-state index contributed by atoms with van der Waals surface area (Å²) in [5.74, 6) is 0.0314. The van der Waals surface area contributed by atoms with Crippen LogP contribution in [0.2, 0.25) is 5.02 Å². The van der Waals surface area contributed by atoms with E-state index in [1.54, 1.807) is 30.0 Å². The van der Waals surface area contributed by atoms with Gasteiger partial charge in [-0.1, -0.05) is 64.6 Å². The molecule has 0 aromatic heterocycles. The van der Waals surface area contributed by atoms with Crippen LogP contribution in [-0.2, 0) is 16.1 Å². The summed E-state index contributed by atoms with van der Waals surface area (Å²) in [5, 5.41) is 3.52. The van der Waals surface area contributed by atoms with Crippen molar-refractivity contribution in [2.24, 2.45) is 0 Å². The van der Waals surface area contributed by atoms with E-state index in [1.807, 2.05) is 31.2 Å². The maximum absolute atomic E-state index is 13.2. The van der Waals surface area contributed by atoms with Gasteiger partial charge in [-0.2, -0.15) is 0 Å². The van der Waals surface area contributed by atoms with Gasteiger partial charge in [0.05, 0.1) is 5.02 Å². The summed E-state index contributed by atoms with van der Waals surface area (Å²) in [4.78, 5) is 27.7. The average Bonchev–Trinajstić information content (AvgIpc) is 3.25. The monoisotopic (exact) mass is 506 g/mol. The smallest absolute Gasteiger partial charge is 0.261 e. The number of nitrogens with one attached hydrogen (secondary N) is 1. The fourth-order valence-corrected chi connectivity index (χ4v) is 4.49. The van der Waals surface area contributed by atoms with Gasteiger partial charge in [0.2, 0.25) is 5.91 Å². The Bertz CT molecular complexity index is 931. The molecule has 5 nitrogen and oxygen atoms in total. The van der Waals surface area contributed by atoms with E-state index in [-0.39, 0.29) is 24.5 Å². The zero-order valence-corrected chi connectivity index (χ0v) is 20.2. The van der Waals surface area contributed by atoms with E-state index in [9.17, 15) is 9.59 Å². The van der Waals surface area contributed by atoms with E-state index in [2.05, 4.69) is 21.2 Å². The number of carbonyl (C=O) groups is 2. The van der Waals surface area contributed by atoms with Gasteiger partial charge in [0.15, 0.2) is 6.61 Å². The number of aryl methyl sites for hydroxylation is 1. The number of halogens is 2. The molecular weight excluding hydrogens is 480 g/mol. The highest BCUT2D eigenvalue weighted by atomic mass is 79.9. The molecule has 1 atom stereocenters. The highest BCUT2D eigenvalue weighted by Gasteiger charge is 2.29. The second-order valence-corrected chi connectivity index (χ2v) is 9.30. The third-order valence-corrected chi connectivity index (χ3v) is 6.50. The summed E-state index contributed by atoms with van der Waals surface area (Å²) in [6, 6.07) is 12.7. The van der Waals surface area contributed by atoms with Crippen molar-refractivity contribution >= 4 is 39.3 Å². The molecule has 3 rings (SSSR count). The Labute approximate surface area is 197 Å². The number of hydrogen-bond acceptors (Lipinski definition) is 3. The topological polar surface area (TPSA) is 58.6 Å². The summed E-state index contributed by atoms with van der Waals surface area (Å²) in [7, 11) is 0. The van der Waals surface area contributed by atoms with Crippen molar-refractivity contribution in [3.63, 3.8) is 0 Å². The number of hydrogen-bond donors (Lipinski definition) is 1. The standard InChI is InChI=1S/C24H28BrClN2O3/c1-16-7-3-4-8-18(16)14-28(17(2)24(30)27-20-9-5-6-10-20)23(29)15-31-22-12-11-19(25)13-21(22)26/h3-4,7-8,11-13,17,20H,5-6,9-10,14-15H2,1-2H3,(H,27,30)/t17-/m1/s1. The van der Waals surface area contributed by atoms with Crippen LogP contribution >= 0.6 is 27.5 Å². The van der Waals surface area contributed by atoms with Gasteiger partial charge >= 0.3 is 0 Å². The van der Waals surface area contributed by atoms with Crippen molar-refractivity contribution in [1.29, 1.82) is 0 Å². The Hall–Kier alpha value is -2.05. The van der Waals surface area contributed by atoms with Gasteiger partial charge < -0.3 is 15.0 Å². The third-order valence-electron chi connectivity index (χ3n) is 5.72. The lowest BCUT2D eigenvalue weighted by Gasteiger charge is -2.30. The molecule has 2 aromatic rings. The lowest BCUT2D eigenvalue weighted by molar-refractivity contribution is -0.142. The van der Waals surface area contributed by atoms with Gasteiger partial charge in [0.25, 0.3) is 5.91 Å². The molecule has 2 amide bonds. The van der Waals surface area contributed by atoms with E-state index in [0.717, 1.165) is 41.3 Å². The zero-order chi connectivity index (χ0) is 22.4. The molecule has 0 spiro atoms. The molecule has 31 heavy (non-hydrogen) atoms. The molecule has 2 aromatic carbocycles. The van der Waals surface area contributed by atoms with Gasteiger partial charge in [-0.25, -0.2) is 0 Å². The fourth-order valence-electron chi connectivity index (χ4n) is 3.76. The second kappa shape index (κ2) is 11.0. The maximum atomic E-state index is 13.2. The molecule has 0 unspecified atom stereocenters. The highest BCUT2D eigenvalue weighted by Crippen LogP contribution is 2.28. The minimum atomic E-state index is -0.614. The van der Waals surface area contributed by atoms with Gasteiger partial charge in [0, 0.05) is 17.1 Å². The van der Waals surface area contributed by atoms with Crippen LogP contribution in [0.25, 0.3) is 0 Å². The third kappa shape index (κ3) is 6.47. The predicted molar refractivity (Wildman–Crippen MR) is 126 cm³/mol. The second-order valence-electron chi connectivity index (χ2n) is 7.98. The van der Waals surface area contributed by atoms with Crippen LogP contribution in [0.1, 0.15) is 43.7 Å². The number of benzene rings is 2. The van der Waals surface area contributed by atoms with Gasteiger partial charge in [-0.05, 0) is 56.0 Å². The van der Waals surface area contributed by atoms with Crippen LogP contribution in [-0.4, -0.2) is 35.4 Å².